The van der Waals surface area contributed by atoms with Crippen molar-refractivity contribution in [2.75, 3.05) is 36.0 Å². The quantitative estimate of drug-likeness (QED) is 0.249. The van der Waals surface area contributed by atoms with E-state index in [4.69, 9.17) is 33.7 Å². The van der Waals surface area contributed by atoms with Crippen molar-refractivity contribution in [1.29, 1.82) is 0 Å². The first-order valence-corrected chi connectivity index (χ1v) is 17.9. The summed E-state index contributed by atoms with van der Waals surface area (Å²) >= 11 is 14.0. The fraction of sp³-hybridized carbons (Fsp3) is 0.364. The lowest BCUT2D eigenvalue weighted by Crippen LogP contribution is -2.40. The Hall–Kier alpha value is -3.40. The number of nitrogens with one attached hydrogen (secondary N) is 3. The fourth-order valence-corrected chi connectivity index (χ4v) is 7.21. The zero-order valence-electron chi connectivity index (χ0n) is 27.4. The summed E-state index contributed by atoms with van der Waals surface area (Å²) < 4.78 is 5.32. The van der Waals surface area contributed by atoms with Crippen LogP contribution in [-0.2, 0) is 14.3 Å². The fourth-order valence-electron chi connectivity index (χ4n) is 5.53. The van der Waals surface area contributed by atoms with Gasteiger partial charge >= 0.3 is 6.09 Å². The Labute approximate surface area is 314 Å². The standard InChI is InChI=1S/C19H22ClN3O4S.C14H14ClN3O2S.ClH/c1-19(2,3)27-17(25)21-13-6-7-23(10-13)14-9-12(20)5-4-11(14)8-15-16(24)22-18(26)28-15;15-9-2-1-8(5-12-13(19)17-14(20)21-12)11(6-9)18-4-3-10(16)7-18;/h4-5,8-9,13H,6-7,10H2,1-3H3,(H,21,25)(H,22,24,26);1-2,5-6,10H,3-4,7,16H2,(H,17,19,20);1H/b15-8-;12-5-;/t13-;10-;/m00./s1. The minimum atomic E-state index is -0.550. The smallest absolute Gasteiger partial charge is 0.407 e. The van der Waals surface area contributed by atoms with Crippen LogP contribution >= 0.6 is 59.1 Å². The van der Waals surface area contributed by atoms with E-state index in [1.165, 1.54) is 0 Å². The molecular weight excluding hydrogens is 747 g/mol. The lowest BCUT2D eigenvalue weighted by molar-refractivity contribution is -0.116. The molecule has 0 radical (unpaired) electrons. The molecule has 2 aromatic rings. The number of carbonyl (C=O) groups is 5. The molecule has 12 nitrogen and oxygen atoms in total. The van der Waals surface area contributed by atoms with E-state index in [1.54, 1.807) is 24.3 Å². The average molecular weight is 784 g/mol. The summed E-state index contributed by atoms with van der Waals surface area (Å²) in [7, 11) is 0. The molecule has 0 unspecified atom stereocenters. The van der Waals surface area contributed by atoms with Crippen LogP contribution in [0.5, 0.6) is 0 Å². The van der Waals surface area contributed by atoms with Crippen LogP contribution in [0.15, 0.2) is 46.2 Å². The number of alkyl carbamates (subject to hydrolysis) is 1. The third-order valence-electron chi connectivity index (χ3n) is 7.66. The van der Waals surface area contributed by atoms with Crippen LogP contribution in [0.1, 0.15) is 44.7 Å². The normalized spacial score (nSPS) is 22.0. The zero-order valence-corrected chi connectivity index (χ0v) is 31.4. The van der Waals surface area contributed by atoms with Gasteiger partial charge < -0.3 is 25.6 Å². The van der Waals surface area contributed by atoms with Gasteiger partial charge in [-0.1, -0.05) is 35.3 Å². The molecule has 0 spiro atoms. The minimum Gasteiger partial charge on any atom is -0.444 e. The number of nitrogens with zero attached hydrogens (tertiary/aromatic N) is 2. The molecule has 4 aliphatic rings. The second-order valence-electron chi connectivity index (χ2n) is 12.7. The van der Waals surface area contributed by atoms with Gasteiger partial charge in [-0.25, -0.2) is 4.79 Å². The van der Waals surface area contributed by atoms with Crippen molar-refractivity contribution in [3.63, 3.8) is 0 Å². The van der Waals surface area contributed by atoms with Crippen molar-refractivity contribution in [3.8, 4) is 0 Å². The molecule has 2 atom stereocenters. The summed E-state index contributed by atoms with van der Waals surface area (Å²) in [6.45, 7) is 8.39. The Morgan fingerprint density at radius 2 is 1.34 bits per heavy atom. The lowest BCUT2D eigenvalue weighted by atomic mass is 10.1. The second kappa shape index (κ2) is 16.7. The van der Waals surface area contributed by atoms with Crippen molar-refractivity contribution >= 4 is 111 Å². The average Bonchev–Trinajstić information content (AvgIpc) is 3.79. The number of thioether (sulfide) groups is 2. The van der Waals surface area contributed by atoms with Gasteiger partial charge in [-0.3, -0.25) is 29.8 Å². The van der Waals surface area contributed by atoms with Crippen LogP contribution in [0, 0.1) is 0 Å². The number of halogens is 3. The third kappa shape index (κ3) is 10.6. The maximum Gasteiger partial charge on any atom is 0.407 e. The van der Waals surface area contributed by atoms with Gasteiger partial charge in [-0.15, -0.1) is 12.4 Å². The van der Waals surface area contributed by atoms with Gasteiger partial charge in [0.05, 0.1) is 15.9 Å². The lowest BCUT2D eigenvalue weighted by Gasteiger charge is -2.23. The van der Waals surface area contributed by atoms with E-state index in [-0.39, 0.29) is 40.9 Å². The van der Waals surface area contributed by atoms with E-state index in [0.717, 1.165) is 78.5 Å². The monoisotopic (exact) mass is 782 g/mol. The third-order valence-corrected chi connectivity index (χ3v) is 9.75. The number of imide groups is 2. The van der Waals surface area contributed by atoms with E-state index in [1.807, 2.05) is 45.0 Å². The molecule has 0 aromatic heterocycles. The summed E-state index contributed by atoms with van der Waals surface area (Å²) in [5.74, 6) is -0.759. The van der Waals surface area contributed by atoms with Gasteiger partial charge in [-0.2, -0.15) is 0 Å². The van der Waals surface area contributed by atoms with Crippen molar-refractivity contribution in [2.24, 2.45) is 5.73 Å². The molecule has 2 aromatic carbocycles. The van der Waals surface area contributed by atoms with Gasteiger partial charge in [0.15, 0.2) is 0 Å². The van der Waals surface area contributed by atoms with Gasteiger partial charge in [0.2, 0.25) is 0 Å². The molecule has 6 rings (SSSR count). The summed E-state index contributed by atoms with van der Waals surface area (Å²) in [5, 5.41) is 7.87. The molecule has 4 saturated heterocycles. The Bertz CT molecular complexity index is 1750. The van der Waals surface area contributed by atoms with E-state index in [2.05, 4.69) is 25.8 Å². The molecule has 4 heterocycles. The molecule has 0 bridgehead atoms. The van der Waals surface area contributed by atoms with Gasteiger partial charge in [0.25, 0.3) is 22.3 Å². The maximum atomic E-state index is 12.0. The topological polar surface area (TPSA) is 163 Å². The molecule has 0 saturated carbocycles. The van der Waals surface area contributed by atoms with Crippen LogP contribution < -0.4 is 31.5 Å². The first-order chi connectivity index (χ1) is 23.1. The molecule has 4 aliphatic heterocycles. The summed E-state index contributed by atoms with van der Waals surface area (Å²) in [5.41, 5.74) is 8.84. The van der Waals surface area contributed by atoms with Crippen molar-refractivity contribution < 1.29 is 28.7 Å². The largest absolute Gasteiger partial charge is 0.444 e. The molecule has 268 valence electrons. The highest BCUT2D eigenvalue weighted by atomic mass is 35.5. The number of benzene rings is 2. The van der Waals surface area contributed by atoms with Crippen LogP contribution in [0.3, 0.4) is 0 Å². The second-order valence-corrected chi connectivity index (χ2v) is 15.6. The Balaban J connectivity index is 0.000000229. The van der Waals surface area contributed by atoms with Crippen molar-refractivity contribution in [3.05, 3.63) is 67.4 Å². The van der Waals surface area contributed by atoms with E-state index in [0.29, 0.717) is 26.4 Å². The molecule has 0 aliphatic carbocycles. The summed E-state index contributed by atoms with van der Waals surface area (Å²) in [6, 6.07) is 11.0. The zero-order chi connectivity index (χ0) is 35.5. The Morgan fingerprint density at radius 1 is 0.860 bits per heavy atom. The van der Waals surface area contributed by atoms with Crippen LogP contribution in [0.2, 0.25) is 10.0 Å². The SMILES string of the molecule is CC(C)(C)OC(=O)N[C@H]1CCN(c2cc(Cl)ccc2/C=C2\SC(=O)NC2=O)C1.Cl.N[C@H]1CCN(c2cc(Cl)ccc2/C=C2\SC(=O)NC2=O)C1. The first-order valence-electron chi connectivity index (χ1n) is 15.5. The number of carbonyl (C=O) groups excluding carboxylic acids is 5. The number of hydrogen-bond donors (Lipinski definition) is 4. The molecular formula is C33H37Cl3N6O6S2. The van der Waals surface area contributed by atoms with Gasteiger partial charge in [-0.05, 0) is 105 Å². The van der Waals surface area contributed by atoms with E-state index < -0.39 is 17.6 Å². The predicted molar refractivity (Wildman–Crippen MR) is 203 cm³/mol. The highest BCUT2D eigenvalue weighted by Gasteiger charge is 2.30. The number of anilines is 2. The van der Waals surface area contributed by atoms with E-state index >= 15 is 0 Å². The van der Waals surface area contributed by atoms with Gasteiger partial charge in [0.1, 0.15) is 5.60 Å². The van der Waals surface area contributed by atoms with Gasteiger partial charge in [0, 0.05) is 53.6 Å². The summed E-state index contributed by atoms with van der Waals surface area (Å²) in [4.78, 5) is 63.2. The first kappa shape index (κ1) is 39.4. The number of ether oxygens (including phenoxy) is 1. The molecule has 5 N–H and O–H groups in total. The van der Waals surface area contributed by atoms with Crippen LogP contribution in [0.4, 0.5) is 25.8 Å². The Kier molecular flexibility index (Phi) is 13.2. The molecule has 4 fully saturated rings. The van der Waals surface area contributed by atoms with E-state index in [9.17, 15) is 24.0 Å². The number of amides is 5. The highest BCUT2D eigenvalue weighted by Crippen LogP contribution is 2.34. The summed E-state index contributed by atoms with van der Waals surface area (Å²) in [6.07, 6.45) is 4.66. The maximum absolute atomic E-state index is 12.0. The predicted octanol–water partition coefficient (Wildman–Crippen LogP) is 6.39. The van der Waals surface area contributed by atoms with Crippen molar-refractivity contribution in [2.45, 2.75) is 51.3 Å². The number of hydrogen-bond acceptors (Lipinski definition) is 11. The molecule has 5 amide bonds. The Morgan fingerprint density at radius 3 is 1.76 bits per heavy atom. The minimum absolute atomic E-state index is 0. The number of rotatable bonds is 5. The highest BCUT2D eigenvalue weighted by molar-refractivity contribution is 8.18. The van der Waals surface area contributed by atoms with Crippen LogP contribution in [-0.4, -0.2) is 72.2 Å². The number of nitrogens with two attached hydrogens (primary N) is 1. The van der Waals surface area contributed by atoms with Crippen molar-refractivity contribution in [1.82, 2.24) is 16.0 Å². The molecule has 17 heteroatoms. The molecule has 50 heavy (non-hydrogen) atoms. The van der Waals surface area contributed by atoms with Crippen LogP contribution in [0.25, 0.3) is 12.2 Å².